The summed E-state index contributed by atoms with van der Waals surface area (Å²) in [6, 6.07) is 31.2. The van der Waals surface area contributed by atoms with Crippen molar-refractivity contribution in [3.8, 4) is 11.5 Å². The van der Waals surface area contributed by atoms with Gasteiger partial charge < -0.3 is 25.0 Å². The Morgan fingerprint density at radius 3 is 1.45 bits per heavy atom. The first-order valence-corrected chi connectivity index (χ1v) is 13.1. The third-order valence-corrected chi connectivity index (χ3v) is 6.53. The number of likely N-dealkylation sites (N-methyl/N-ethyl adjacent to an activating group) is 1. The van der Waals surface area contributed by atoms with E-state index < -0.39 is 18.2 Å². The second-order valence-corrected chi connectivity index (χ2v) is 9.41. The van der Waals surface area contributed by atoms with Gasteiger partial charge in [0.2, 0.25) is 0 Å². The summed E-state index contributed by atoms with van der Waals surface area (Å²) in [4.78, 5) is 25.1. The summed E-state index contributed by atoms with van der Waals surface area (Å²) in [7, 11) is 1.70. The van der Waals surface area contributed by atoms with Crippen molar-refractivity contribution in [2.24, 2.45) is 0 Å². The molecule has 0 aliphatic rings. The van der Waals surface area contributed by atoms with Crippen molar-refractivity contribution in [2.45, 2.75) is 24.7 Å². The highest BCUT2D eigenvalue weighted by Gasteiger charge is 2.22. The van der Waals surface area contributed by atoms with Crippen molar-refractivity contribution < 1.29 is 29.3 Å². The third-order valence-electron chi connectivity index (χ3n) is 6.53. The highest BCUT2D eigenvalue weighted by molar-refractivity contribution is 6.09. The molecule has 0 amide bonds. The Morgan fingerprint density at radius 2 is 1.02 bits per heavy atom. The number of ketones is 2. The van der Waals surface area contributed by atoms with Gasteiger partial charge >= 0.3 is 0 Å². The van der Waals surface area contributed by atoms with Crippen LogP contribution >= 0.6 is 0 Å². The number of carbonyl (C=O) groups excluding carboxylic acids is 2. The fourth-order valence-electron chi connectivity index (χ4n) is 4.24. The predicted molar refractivity (Wildman–Crippen MR) is 153 cm³/mol. The fourth-order valence-corrected chi connectivity index (χ4v) is 4.24. The number of nitrogens with one attached hydrogen (secondary N) is 1. The minimum Gasteiger partial charge on any atom is -0.491 e. The zero-order chi connectivity index (χ0) is 28.3. The summed E-state index contributed by atoms with van der Waals surface area (Å²) >= 11 is 0. The largest absolute Gasteiger partial charge is 0.491 e. The Hall–Kier alpha value is -4.30. The molecule has 0 saturated heterocycles. The van der Waals surface area contributed by atoms with E-state index in [9.17, 15) is 19.8 Å². The summed E-state index contributed by atoms with van der Waals surface area (Å²) in [5, 5.41) is 24.2. The van der Waals surface area contributed by atoms with Gasteiger partial charge in [-0.3, -0.25) is 9.59 Å². The zero-order valence-electron chi connectivity index (χ0n) is 22.3. The van der Waals surface area contributed by atoms with Gasteiger partial charge in [0.25, 0.3) is 0 Å². The third kappa shape index (κ3) is 7.86. The van der Waals surface area contributed by atoms with Gasteiger partial charge in [-0.1, -0.05) is 60.7 Å². The average Bonchev–Trinajstić information content (AvgIpc) is 3.02. The molecule has 0 aliphatic heterocycles. The summed E-state index contributed by atoms with van der Waals surface area (Å²) in [6.45, 7) is 0.0244. The first-order chi connectivity index (χ1) is 19.4. The summed E-state index contributed by atoms with van der Waals surface area (Å²) in [5.74, 6) is 0.909. The van der Waals surface area contributed by atoms with Gasteiger partial charge in [-0.15, -0.1) is 0 Å². The van der Waals surface area contributed by atoms with E-state index in [4.69, 9.17) is 9.47 Å². The molecule has 206 valence electrons. The molecule has 0 aliphatic carbocycles. The Labute approximate surface area is 234 Å². The molecule has 4 aromatic rings. The molecule has 3 atom stereocenters. The molecule has 40 heavy (non-hydrogen) atoms. The molecule has 0 heterocycles. The lowest BCUT2D eigenvalue weighted by Gasteiger charge is -2.25. The highest BCUT2D eigenvalue weighted by atomic mass is 16.5. The smallest absolute Gasteiger partial charge is 0.193 e. The summed E-state index contributed by atoms with van der Waals surface area (Å²) in [5.41, 5.74) is 2.33. The molecule has 7 heteroatoms. The van der Waals surface area contributed by atoms with E-state index in [0.29, 0.717) is 33.8 Å². The number of benzene rings is 4. The van der Waals surface area contributed by atoms with Crippen LogP contribution in [0.25, 0.3) is 0 Å². The number of aliphatic hydroxyl groups excluding tert-OH is 2. The normalized spacial score (nSPS) is 13.2. The molecule has 0 spiro atoms. The SMILES string of the molecule is CNC(CC(O)COc1ccc(C(=O)c2ccccc2)cc1)C(O)COc1ccc(C(=O)c2ccccc2)cc1. The molecular formula is C33H33NO6. The lowest BCUT2D eigenvalue weighted by atomic mass is 10.0. The molecule has 0 fully saturated rings. The molecule has 3 N–H and O–H groups in total. The minimum absolute atomic E-state index is 0.00195. The zero-order valence-corrected chi connectivity index (χ0v) is 22.3. The Balaban J connectivity index is 1.22. The van der Waals surface area contributed by atoms with E-state index in [1.807, 2.05) is 36.4 Å². The van der Waals surface area contributed by atoms with Crippen LogP contribution in [0.4, 0.5) is 0 Å². The van der Waals surface area contributed by atoms with E-state index >= 15 is 0 Å². The van der Waals surface area contributed by atoms with E-state index in [0.717, 1.165) is 0 Å². The Bertz CT molecular complexity index is 1360. The van der Waals surface area contributed by atoms with Crippen LogP contribution in [-0.4, -0.2) is 60.3 Å². The van der Waals surface area contributed by atoms with Crippen LogP contribution < -0.4 is 14.8 Å². The standard InChI is InChI=1S/C33H33NO6/c1-34-30(31(36)22-40-29-18-14-26(15-19-29)33(38)24-10-6-3-7-11-24)20-27(35)21-39-28-16-12-25(13-17-28)32(37)23-8-4-2-5-9-23/h2-19,27,30-31,34-36H,20-22H2,1H3. The number of hydrogen-bond acceptors (Lipinski definition) is 7. The van der Waals surface area contributed by atoms with Gasteiger partial charge in [0.1, 0.15) is 30.8 Å². The van der Waals surface area contributed by atoms with Crippen molar-refractivity contribution in [3.05, 3.63) is 131 Å². The second kappa shape index (κ2) is 14.2. The topological polar surface area (TPSA) is 105 Å². The summed E-state index contributed by atoms with van der Waals surface area (Å²) < 4.78 is 11.4. The van der Waals surface area contributed by atoms with Gasteiger partial charge in [-0.25, -0.2) is 0 Å². The predicted octanol–water partition coefficient (Wildman–Crippen LogP) is 4.31. The lowest BCUT2D eigenvalue weighted by Crippen LogP contribution is -2.44. The Kier molecular flexibility index (Phi) is 10.2. The number of ether oxygens (including phenoxy) is 2. The molecule has 7 nitrogen and oxygen atoms in total. The van der Waals surface area contributed by atoms with E-state index in [2.05, 4.69) is 5.32 Å². The molecule has 0 aromatic heterocycles. The number of carbonyl (C=O) groups is 2. The fraction of sp³-hybridized carbons (Fsp3) is 0.212. The quantitative estimate of drug-likeness (QED) is 0.205. The van der Waals surface area contributed by atoms with Crippen molar-refractivity contribution in [1.82, 2.24) is 5.32 Å². The maximum absolute atomic E-state index is 12.6. The molecule has 3 unspecified atom stereocenters. The van der Waals surface area contributed by atoms with Crippen molar-refractivity contribution in [3.63, 3.8) is 0 Å². The van der Waals surface area contributed by atoms with Gasteiger partial charge in [0, 0.05) is 28.3 Å². The van der Waals surface area contributed by atoms with E-state index in [1.54, 1.807) is 79.8 Å². The van der Waals surface area contributed by atoms with Crippen molar-refractivity contribution >= 4 is 11.6 Å². The van der Waals surface area contributed by atoms with Crippen molar-refractivity contribution in [1.29, 1.82) is 0 Å². The molecule has 0 radical (unpaired) electrons. The Morgan fingerprint density at radius 1 is 0.625 bits per heavy atom. The van der Waals surface area contributed by atoms with Crippen LogP contribution in [0.3, 0.4) is 0 Å². The highest BCUT2D eigenvalue weighted by Crippen LogP contribution is 2.18. The molecule has 0 bridgehead atoms. The average molecular weight is 540 g/mol. The van der Waals surface area contributed by atoms with E-state index in [-0.39, 0.29) is 31.2 Å². The van der Waals surface area contributed by atoms with Crippen LogP contribution in [0.1, 0.15) is 38.3 Å². The minimum atomic E-state index is -0.895. The van der Waals surface area contributed by atoms with Crippen molar-refractivity contribution in [2.75, 3.05) is 20.3 Å². The van der Waals surface area contributed by atoms with Crippen LogP contribution in [0.15, 0.2) is 109 Å². The molecular weight excluding hydrogens is 506 g/mol. The summed E-state index contributed by atoms with van der Waals surface area (Å²) in [6.07, 6.45) is -1.51. The lowest BCUT2D eigenvalue weighted by molar-refractivity contribution is 0.0364. The first kappa shape index (κ1) is 28.7. The van der Waals surface area contributed by atoms with Crippen LogP contribution in [0.2, 0.25) is 0 Å². The first-order valence-electron chi connectivity index (χ1n) is 13.1. The monoisotopic (exact) mass is 539 g/mol. The molecule has 4 rings (SSSR count). The van der Waals surface area contributed by atoms with Gasteiger partial charge in [0.05, 0.1) is 6.10 Å². The molecule has 4 aromatic carbocycles. The number of aliphatic hydroxyl groups is 2. The van der Waals surface area contributed by atoms with Gasteiger partial charge in [-0.2, -0.15) is 0 Å². The number of rotatable bonds is 14. The second-order valence-electron chi connectivity index (χ2n) is 9.41. The van der Waals surface area contributed by atoms with Gasteiger partial charge in [0.15, 0.2) is 11.6 Å². The van der Waals surface area contributed by atoms with Crippen LogP contribution in [0, 0.1) is 0 Å². The van der Waals surface area contributed by atoms with Crippen LogP contribution in [0.5, 0.6) is 11.5 Å². The number of hydrogen-bond donors (Lipinski definition) is 3. The molecule has 0 saturated carbocycles. The van der Waals surface area contributed by atoms with Crippen LogP contribution in [-0.2, 0) is 0 Å². The van der Waals surface area contributed by atoms with E-state index in [1.165, 1.54) is 0 Å². The maximum atomic E-state index is 12.6. The van der Waals surface area contributed by atoms with Gasteiger partial charge in [-0.05, 0) is 62.0 Å². The maximum Gasteiger partial charge on any atom is 0.193 e.